The molecule has 3 N–H and O–H groups in total. The molecular formula is C15H26N2O2. The van der Waals surface area contributed by atoms with Crippen LogP contribution in [-0.2, 0) is 4.74 Å². The minimum absolute atomic E-state index is 0.162. The van der Waals surface area contributed by atoms with Gasteiger partial charge in [-0.1, -0.05) is 0 Å². The van der Waals surface area contributed by atoms with Crippen LogP contribution in [0.2, 0.25) is 0 Å². The van der Waals surface area contributed by atoms with Gasteiger partial charge in [0.1, 0.15) is 0 Å². The molecule has 4 aliphatic heterocycles. The lowest BCUT2D eigenvalue weighted by Crippen LogP contribution is -2.62. The Labute approximate surface area is 115 Å². The molecule has 5 atom stereocenters. The van der Waals surface area contributed by atoms with E-state index < -0.39 is 5.60 Å². The van der Waals surface area contributed by atoms with Gasteiger partial charge in [0.2, 0.25) is 0 Å². The minimum atomic E-state index is -0.590. The molecule has 19 heavy (non-hydrogen) atoms. The third-order valence-electron chi connectivity index (χ3n) is 6.49. The van der Waals surface area contributed by atoms with Crippen LogP contribution in [-0.4, -0.2) is 53.5 Å². The lowest BCUT2D eigenvalue weighted by molar-refractivity contribution is -0.148. The zero-order valence-corrected chi connectivity index (χ0v) is 11.7. The van der Waals surface area contributed by atoms with E-state index in [4.69, 9.17) is 10.5 Å². The molecule has 0 aromatic rings. The summed E-state index contributed by atoms with van der Waals surface area (Å²) in [5.41, 5.74) is 5.40. The van der Waals surface area contributed by atoms with Crippen LogP contribution in [0, 0.1) is 5.41 Å². The molecule has 4 heterocycles. The highest BCUT2D eigenvalue weighted by atomic mass is 16.5. The Kier molecular flexibility index (Phi) is 2.76. The first-order chi connectivity index (χ1) is 9.17. The molecule has 108 valence electrons. The predicted octanol–water partition coefficient (Wildman–Crippen LogP) is 0.872. The molecule has 0 aromatic carbocycles. The van der Waals surface area contributed by atoms with E-state index in [9.17, 15) is 5.11 Å². The van der Waals surface area contributed by atoms with E-state index >= 15 is 0 Å². The summed E-state index contributed by atoms with van der Waals surface area (Å²) in [6.45, 7) is 2.84. The lowest BCUT2D eigenvalue weighted by Gasteiger charge is -2.53. The van der Waals surface area contributed by atoms with E-state index in [-0.39, 0.29) is 11.5 Å². The van der Waals surface area contributed by atoms with E-state index in [2.05, 4.69) is 4.90 Å². The molecule has 0 saturated carbocycles. The number of nitrogens with two attached hydrogens (primary N) is 1. The molecular weight excluding hydrogens is 240 g/mol. The van der Waals surface area contributed by atoms with Crippen LogP contribution in [0.5, 0.6) is 0 Å². The van der Waals surface area contributed by atoms with Crippen LogP contribution in [0.3, 0.4) is 0 Å². The van der Waals surface area contributed by atoms with Gasteiger partial charge in [0.25, 0.3) is 0 Å². The Hall–Kier alpha value is -0.160. The third kappa shape index (κ3) is 1.60. The van der Waals surface area contributed by atoms with Crippen molar-refractivity contribution < 1.29 is 9.84 Å². The summed E-state index contributed by atoms with van der Waals surface area (Å²) in [5.74, 6) is 0. The Bertz CT molecular complexity index is 377. The third-order valence-corrected chi connectivity index (χ3v) is 6.49. The van der Waals surface area contributed by atoms with Gasteiger partial charge >= 0.3 is 0 Å². The quantitative estimate of drug-likeness (QED) is 0.779. The smallest absolute Gasteiger partial charge is 0.0768 e. The molecule has 4 fully saturated rings. The van der Waals surface area contributed by atoms with Gasteiger partial charge in [-0.15, -0.1) is 0 Å². The van der Waals surface area contributed by atoms with Crippen molar-refractivity contribution in [2.45, 2.75) is 68.8 Å². The zero-order chi connectivity index (χ0) is 13.1. The highest BCUT2D eigenvalue weighted by molar-refractivity contribution is 5.14. The van der Waals surface area contributed by atoms with Crippen LogP contribution >= 0.6 is 0 Å². The number of piperidine rings is 1. The average molecular weight is 266 g/mol. The molecule has 0 spiro atoms. The van der Waals surface area contributed by atoms with Crippen molar-refractivity contribution in [3.8, 4) is 0 Å². The number of hydrogen-bond acceptors (Lipinski definition) is 4. The molecule has 4 aliphatic rings. The van der Waals surface area contributed by atoms with Crippen molar-refractivity contribution in [2.24, 2.45) is 11.1 Å². The summed E-state index contributed by atoms with van der Waals surface area (Å²) in [6, 6.07) is 0.585. The van der Waals surface area contributed by atoms with Gasteiger partial charge < -0.3 is 20.5 Å². The first kappa shape index (κ1) is 12.6. The highest BCUT2D eigenvalue weighted by Crippen LogP contribution is 2.56. The monoisotopic (exact) mass is 266 g/mol. The van der Waals surface area contributed by atoms with Gasteiger partial charge in [-0.3, -0.25) is 0 Å². The average Bonchev–Trinajstić information content (AvgIpc) is 3.12. The van der Waals surface area contributed by atoms with E-state index in [0.29, 0.717) is 18.7 Å². The van der Waals surface area contributed by atoms with Gasteiger partial charge in [0.05, 0.1) is 17.8 Å². The SMILES string of the molecule is NCC1(C2(O)CCN3CCCC3C2)CC2CCC1O2. The maximum Gasteiger partial charge on any atom is 0.0768 e. The number of hydrogen-bond donors (Lipinski definition) is 2. The van der Waals surface area contributed by atoms with Gasteiger partial charge in [0.15, 0.2) is 0 Å². The second-order valence-corrected chi connectivity index (χ2v) is 7.21. The maximum atomic E-state index is 11.4. The molecule has 4 rings (SSSR count). The standard InChI is InChI=1S/C15H26N2O2/c16-10-14(9-12-3-4-13(14)19-12)15(18)5-7-17-6-1-2-11(17)8-15/h11-13,18H,1-10,16H2. The Morgan fingerprint density at radius 2 is 2.11 bits per heavy atom. The summed E-state index contributed by atoms with van der Waals surface area (Å²) in [4.78, 5) is 2.56. The van der Waals surface area contributed by atoms with Gasteiger partial charge in [-0.2, -0.15) is 0 Å². The van der Waals surface area contributed by atoms with Crippen LogP contribution in [0.25, 0.3) is 0 Å². The van der Waals surface area contributed by atoms with Crippen molar-refractivity contribution >= 4 is 0 Å². The Morgan fingerprint density at radius 3 is 2.79 bits per heavy atom. The highest BCUT2D eigenvalue weighted by Gasteiger charge is 2.63. The Morgan fingerprint density at radius 1 is 1.21 bits per heavy atom. The van der Waals surface area contributed by atoms with Gasteiger partial charge in [-0.05, 0) is 51.5 Å². The van der Waals surface area contributed by atoms with Gasteiger partial charge in [0, 0.05) is 24.5 Å². The number of fused-ring (bicyclic) bond motifs is 3. The second kappa shape index (κ2) is 4.17. The van der Waals surface area contributed by atoms with E-state index in [1.165, 1.54) is 19.4 Å². The maximum absolute atomic E-state index is 11.4. The van der Waals surface area contributed by atoms with Crippen molar-refractivity contribution in [3.63, 3.8) is 0 Å². The molecule has 4 nitrogen and oxygen atoms in total. The first-order valence-corrected chi connectivity index (χ1v) is 7.99. The fourth-order valence-corrected chi connectivity index (χ4v) is 5.39. The zero-order valence-electron chi connectivity index (χ0n) is 11.7. The molecule has 2 bridgehead atoms. The normalized spacial score (nSPS) is 53.7. The van der Waals surface area contributed by atoms with E-state index in [0.717, 1.165) is 38.6 Å². The van der Waals surface area contributed by atoms with Crippen LogP contribution in [0.4, 0.5) is 0 Å². The summed E-state index contributed by atoms with van der Waals surface area (Å²) in [7, 11) is 0. The molecule has 4 heteroatoms. The summed E-state index contributed by atoms with van der Waals surface area (Å²) in [6.07, 6.45) is 8.15. The number of aliphatic hydroxyl groups is 1. The first-order valence-electron chi connectivity index (χ1n) is 7.99. The molecule has 5 unspecified atom stereocenters. The second-order valence-electron chi connectivity index (χ2n) is 7.21. The molecule has 0 aromatic heterocycles. The van der Waals surface area contributed by atoms with Crippen LogP contribution in [0.15, 0.2) is 0 Å². The minimum Gasteiger partial charge on any atom is -0.389 e. The molecule has 0 amide bonds. The van der Waals surface area contributed by atoms with Crippen molar-refractivity contribution in [1.82, 2.24) is 4.90 Å². The fraction of sp³-hybridized carbons (Fsp3) is 1.00. The van der Waals surface area contributed by atoms with Crippen molar-refractivity contribution in [3.05, 3.63) is 0 Å². The summed E-state index contributed by atoms with van der Waals surface area (Å²) in [5, 5.41) is 11.4. The molecule has 4 saturated heterocycles. The number of ether oxygens (including phenoxy) is 1. The van der Waals surface area contributed by atoms with Gasteiger partial charge in [-0.25, -0.2) is 0 Å². The summed E-state index contributed by atoms with van der Waals surface area (Å²) >= 11 is 0. The largest absolute Gasteiger partial charge is 0.389 e. The van der Waals surface area contributed by atoms with Crippen LogP contribution in [0.1, 0.15) is 44.9 Å². The fourth-order valence-electron chi connectivity index (χ4n) is 5.39. The topological polar surface area (TPSA) is 58.7 Å². The molecule has 0 radical (unpaired) electrons. The van der Waals surface area contributed by atoms with Crippen LogP contribution < -0.4 is 5.73 Å². The van der Waals surface area contributed by atoms with Crippen molar-refractivity contribution in [1.29, 1.82) is 0 Å². The predicted molar refractivity (Wildman–Crippen MR) is 72.8 cm³/mol. The summed E-state index contributed by atoms with van der Waals surface area (Å²) < 4.78 is 6.06. The number of nitrogens with zero attached hydrogens (tertiary/aromatic N) is 1. The lowest BCUT2D eigenvalue weighted by atomic mass is 9.59. The number of rotatable bonds is 2. The van der Waals surface area contributed by atoms with Crippen molar-refractivity contribution in [2.75, 3.05) is 19.6 Å². The van der Waals surface area contributed by atoms with E-state index in [1.54, 1.807) is 0 Å². The Balaban J connectivity index is 1.62. The van der Waals surface area contributed by atoms with E-state index in [1.807, 2.05) is 0 Å². The molecule has 0 aliphatic carbocycles.